The van der Waals surface area contributed by atoms with E-state index in [4.69, 9.17) is 4.42 Å². The molecule has 0 saturated heterocycles. The van der Waals surface area contributed by atoms with Gasteiger partial charge in [0.15, 0.2) is 11.0 Å². The Labute approximate surface area is 173 Å². The van der Waals surface area contributed by atoms with Crippen LogP contribution in [0.4, 0.5) is 0 Å². The summed E-state index contributed by atoms with van der Waals surface area (Å²) in [6.45, 7) is 5.95. The predicted octanol–water partition coefficient (Wildman–Crippen LogP) is 3.13. The molecule has 0 aromatic carbocycles. The smallest absolute Gasteiger partial charge is 0.231 e. The Balaban J connectivity index is 1.79. The first-order valence-corrected chi connectivity index (χ1v) is 10.1. The highest BCUT2D eigenvalue weighted by Gasteiger charge is 2.30. The van der Waals surface area contributed by atoms with Gasteiger partial charge in [-0.2, -0.15) is 5.26 Å². The fraction of sp³-hybridized carbons (Fsp3) is 0.350. The quantitative estimate of drug-likeness (QED) is 0.568. The molecule has 29 heavy (non-hydrogen) atoms. The zero-order chi connectivity index (χ0) is 20.9. The maximum Gasteiger partial charge on any atom is 0.231 e. The number of aromatic nitrogens is 4. The highest BCUT2D eigenvalue weighted by Crippen LogP contribution is 2.25. The Kier molecular flexibility index (Phi) is 6.34. The maximum atomic E-state index is 12.4. The molecule has 0 fully saturated rings. The van der Waals surface area contributed by atoms with E-state index in [-0.39, 0.29) is 17.6 Å². The van der Waals surface area contributed by atoms with Crippen LogP contribution in [0.25, 0.3) is 11.4 Å². The Morgan fingerprint density at radius 2 is 2.21 bits per heavy atom. The van der Waals surface area contributed by atoms with Crippen molar-refractivity contribution in [2.75, 3.05) is 5.75 Å². The molecule has 3 aromatic rings. The van der Waals surface area contributed by atoms with Crippen LogP contribution in [0.5, 0.6) is 0 Å². The van der Waals surface area contributed by atoms with Crippen LogP contribution in [0, 0.1) is 17.2 Å². The van der Waals surface area contributed by atoms with E-state index in [2.05, 4.69) is 26.6 Å². The SMILES string of the molecule is CC(C)[C@](C)(C#N)NC(=O)CSc1nnc(-c2cccnc2)n1Cc1ccco1. The number of pyridine rings is 1. The summed E-state index contributed by atoms with van der Waals surface area (Å²) in [5, 5.41) is 21.3. The van der Waals surface area contributed by atoms with E-state index < -0.39 is 5.54 Å². The largest absolute Gasteiger partial charge is 0.467 e. The lowest BCUT2D eigenvalue weighted by Gasteiger charge is -2.27. The molecule has 0 radical (unpaired) electrons. The summed E-state index contributed by atoms with van der Waals surface area (Å²) in [5.74, 6) is 1.26. The number of nitrogens with zero attached hydrogens (tertiary/aromatic N) is 5. The second-order valence-electron chi connectivity index (χ2n) is 7.02. The molecule has 0 saturated carbocycles. The Morgan fingerprint density at radius 1 is 1.38 bits per heavy atom. The molecule has 8 nitrogen and oxygen atoms in total. The lowest BCUT2D eigenvalue weighted by atomic mass is 9.90. The number of nitrogens with one attached hydrogen (secondary N) is 1. The third kappa shape index (κ3) is 4.84. The number of hydrogen-bond acceptors (Lipinski definition) is 7. The zero-order valence-electron chi connectivity index (χ0n) is 16.5. The van der Waals surface area contributed by atoms with Crippen molar-refractivity contribution in [2.24, 2.45) is 5.92 Å². The van der Waals surface area contributed by atoms with Gasteiger partial charge in [-0.15, -0.1) is 10.2 Å². The summed E-state index contributed by atoms with van der Waals surface area (Å²) >= 11 is 1.26. The van der Waals surface area contributed by atoms with Gasteiger partial charge in [-0.1, -0.05) is 25.6 Å². The number of amides is 1. The van der Waals surface area contributed by atoms with Crippen molar-refractivity contribution in [3.63, 3.8) is 0 Å². The van der Waals surface area contributed by atoms with Crippen LogP contribution in [-0.4, -0.2) is 36.9 Å². The van der Waals surface area contributed by atoms with E-state index >= 15 is 0 Å². The standard InChI is InChI=1S/C20H22N6O2S/c1-14(2)20(3,13-21)23-17(27)12-29-19-25-24-18(15-6-4-8-22-10-15)26(19)11-16-7-5-9-28-16/h4-10,14H,11-12H2,1-3H3,(H,23,27)/t20-/m0/s1. The number of nitriles is 1. The van der Waals surface area contributed by atoms with Gasteiger partial charge in [-0.25, -0.2) is 0 Å². The molecule has 3 rings (SSSR count). The zero-order valence-corrected chi connectivity index (χ0v) is 17.3. The second kappa shape index (κ2) is 8.92. The molecular formula is C20H22N6O2S. The Bertz CT molecular complexity index is 994. The molecule has 0 spiro atoms. The Hall–Kier alpha value is -3.12. The van der Waals surface area contributed by atoms with Crippen molar-refractivity contribution in [2.45, 2.75) is 38.0 Å². The molecule has 1 N–H and O–H groups in total. The van der Waals surface area contributed by atoms with Gasteiger partial charge in [-0.05, 0) is 37.1 Å². The number of hydrogen-bond donors (Lipinski definition) is 1. The summed E-state index contributed by atoms with van der Waals surface area (Å²) in [6.07, 6.45) is 5.01. The van der Waals surface area contributed by atoms with E-state index in [0.717, 1.165) is 11.3 Å². The minimum atomic E-state index is -0.916. The molecule has 9 heteroatoms. The van der Waals surface area contributed by atoms with E-state index in [0.29, 0.717) is 17.5 Å². The van der Waals surface area contributed by atoms with Gasteiger partial charge in [0.2, 0.25) is 5.91 Å². The molecule has 0 aliphatic rings. The van der Waals surface area contributed by atoms with E-state index in [1.54, 1.807) is 25.6 Å². The van der Waals surface area contributed by atoms with Crippen LogP contribution in [0.1, 0.15) is 26.5 Å². The lowest BCUT2D eigenvalue weighted by molar-refractivity contribution is -0.120. The predicted molar refractivity (Wildman–Crippen MR) is 109 cm³/mol. The monoisotopic (exact) mass is 410 g/mol. The molecule has 150 valence electrons. The number of furan rings is 1. The van der Waals surface area contributed by atoms with E-state index in [1.807, 2.05) is 42.7 Å². The van der Waals surface area contributed by atoms with Gasteiger partial charge >= 0.3 is 0 Å². The number of carbonyl (C=O) groups excluding carboxylic acids is 1. The van der Waals surface area contributed by atoms with Crippen LogP contribution in [0.2, 0.25) is 0 Å². The molecule has 0 aliphatic heterocycles. The minimum Gasteiger partial charge on any atom is -0.467 e. The second-order valence-corrected chi connectivity index (χ2v) is 7.96. The van der Waals surface area contributed by atoms with E-state index in [1.165, 1.54) is 11.8 Å². The van der Waals surface area contributed by atoms with Crippen molar-refractivity contribution < 1.29 is 9.21 Å². The highest BCUT2D eigenvalue weighted by atomic mass is 32.2. The Morgan fingerprint density at radius 3 is 2.83 bits per heavy atom. The number of thioether (sulfide) groups is 1. The maximum absolute atomic E-state index is 12.4. The fourth-order valence-electron chi connectivity index (χ4n) is 2.56. The average Bonchev–Trinajstić information content (AvgIpc) is 3.37. The van der Waals surface area contributed by atoms with Gasteiger partial charge in [0.25, 0.3) is 0 Å². The molecule has 0 bridgehead atoms. The van der Waals surface area contributed by atoms with Gasteiger partial charge in [0, 0.05) is 18.0 Å². The molecule has 3 aromatic heterocycles. The van der Waals surface area contributed by atoms with Crippen molar-refractivity contribution in [3.8, 4) is 17.5 Å². The third-order valence-corrected chi connectivity index (χ3v) is 5.62. The topological polar surface area (TPSA) is 110 Å². The minimum absolute atomic E-state index is 0.0127. The lowest BCUT2D eigenvalue weighted by Crippen LogP contribution is -2.49. The highest BCUT2D eigenvalue weighted by molar-refractivity contribution is 7.99. The van der Waals surface area contributed by atoms with Crippen LogP contribution in [0.3, 0.4) is 0 Å². The average molecular weight is 411 g/mol. The summed E-state index contributed by atoms with van der Waals surface area (Å²) in [4.78, 5) is 16.6. The van der Waals surface area contributed by atoms with Gasteiger partial charge in [0.1, 0.15) is 11.3 Å². The molecule has 1 atom stereocenters. The number of rotatable bonds is 8. The molecule has 3 heterocycles. The van der Waals surface area contributed by atoms with Crippen LogP contribution in [0.15, 0.2) is 52.5 Å². The summed E-state index contributed by atoms with van der Waals surface area (Å²) in [6, 6.07) is 9.60. The normalized spacial score (nSPS) is 13.1. The first-order valence-electron chi connectivity index (χ1n) is 9.14. The van der Waals surface area contributed by atoms with Gasteiger partial charge in [-0.3, -0.25) is 14.3 Å². The van der Waals surface area contributed by atoms with Crippen molar-refractivity contribution in [1.82, 2.24) is 25.1 Å². The molecule has 1 amide bonds. The summed E-state index contributed by atoms with van der Waals surface area (Å²) in [5.41, 5.74) is -0.0971. The fourth-order valence-corrected chi connectivity index (χ4v) is 3.30. The molecule has 0 aliphatic carbocycles. The van der Waals surface area contributed by atoms with Crippen molar-refractivity contribution >= 4 is 17.7 Å². The first-order chi connectivity index (χ1) is 13.9. The van der Waals surface area contributed by atoms with Gasteiger partial charge < -0.3 is 9.73 Å². The van der Waals surface area contributed by atoms with Crippen LogP contribution in [-0.2, 0) is 11.3 Å². The summed E-state index contributed by atoms with van der Waals surface area (Å²) < 4.78 is 7.36. The molecule has 0 unspecified atom stereocenters. The third-order valence-electron chi connectivity index (χ3n) is 4.65. The first kappa shape index (κ1) is 20.6. The van der Waals surface area contributed by atoms with Crippen molar-refractivity contribution in [1.29, 1.82) is 5.26 Å². The van der Waals surface area contributed by atoms with Crippen molar-refractivity contribution in [3.05, 3.63) is 48.7 Å². The van der Waals surface area contributed by atoms with Crippen LogP contribution < -0.4 is 5.32 Å². The van der Waals surface area contributed by atoms with Crippen LogP contribution >= 0.6 is 11.8 Å². The van der Waals surface area contributed by atoms with E-state index in [9.17, 15) is 10.1 Å². The number of carbonyl (C=O) groups is 1. The van der Waals surface area contributed by atoms with Gasteiger partial charge in [0.05, 0.1) is 24.6 Å². The summed E-state index contributed by atoms with van der Waals surface area (Å²) in [7, 11) is 0. The molecular weight excluding hydrogens is 388 g/mol.